The highest BCUT2D eigenvalue weighted by Gasteiger charge is 2.27. The van der Waals surface area contributed by atoms with E-state index < -0.39 is 0 Å². The molecule has 1 aliphatic rings. The van der Waals surface area contributed by atoms with Crippen LogP contribution in [0.2, 0.25) is 0 Å². The highest BCUT2D eigenvalue weighted by atomic mass is 15.2. The fraction of sp³-hybridized carbons (Fsp3) is 0. The highest BCUT2D eigenvalue weighted by molar-refractivity contribution is 6.31. The van der Waals surface area contributed by atoms with Gasteiger partial charge in [-0.05, 0) is 55.9 Å². The van der Waals surface area contributed by atoms with Gasteiger partial charge in [-0.3, -0.25) is 4.57 Å². The van der Waals surface area contributed by atoms with Crippen molar-refractivity contribution in [2.45, 2.75) is 0 Å². The summed E-state index contributed by atoms with van der Waals surface area (Å²) in [5, 5.41) is 7.46. The van der Waals surface area contributed by atoms with Gasteiger partial charge in [-0.25, -0.2) is 4.98 Å². The van der Waals surface area contributed by atoms with Crippen molar-refractivity contribution in [1.82, 2.24) is 19.5 Å². The smallest absolute Gasteiger partial charge is 0.238 e. The van der Waals surface area contributed by atoms with Crippen LogP contribution in [0.4, 0.5) is 0 Å². The zero-order chi connectivity index (χ0) is 29.5. The van der Waals surface area contributed by atoms with E-state index in [1.165, 1.54) is 54.6 Å². The van der Waals surface area contributed by atoms with E-state index in [2.05, 4.69) is 114 Å². The average molecular weight is 573 g/mol. The lowest BCUT2D eigenvalue weighted by atomic mass is 9.89. The van der Waals surface area contributed by atoms with E-state index in [4.69, 9.17) is 15.0 Å². The molecule has 0 saturated heterocycles. The summed E-state index contributed by atoms with van der Waals surface area (Å²) in [6, 6.07) is 51.4. The van der Waals surface area contributed by atoms with E-state index in [-0.39, 0.29) is 0 Å². The maximum absolute atomic E-state index is 5.15. The van der Waals surface area contributed by atoms with Crippen LogP contribution in [-0.2, 0) is 0 Å². The van der Waals surface area contributed by atoms with E-state index >= 15 is 0 Å². The molecule has 0 bridgehead atoms. The fourth-order valence-corrected chi connectivity index (χ4v) is 7.26. The Kier molecular flexibility index (Phi) is 4.96. The molecule has 1 aliphatic carbocycles. The van der Waals surface area contributed by atoms with Crippen molar-refractivity contribution < 1.29 is 0 Å². The zero-order valence-electron chi connectivity index (χ0n) is 24.1. The number of hydrogen-bond donors (Lipinski definition) is 0. The van der Waals surface area contributed by atoms with Gasteiger partial charge in [-0.2, -0.15) is 9.97 Å². The Morgan fingerprint density at radius 2 is 1.00 bits per heavy atom. The van der Waals surface area contributed by atoms with Crippen molar-refractivity contribution in [3.63, 3.8) is 0 Å². The minimum atomic E-state index is 0.607. The summed E-state index contributed by atoms with van der Waals surface area (Å²) in [6.45, 7) is 0. The molecule has 4 heteroatoms. The van der Waals surface area contributed by atoms with Crippen LogP contribution in [0.25, 0.3) is 94.3 Å². The maximum atomic E-state index is 5.15. The monoisotopic (exact) mass is 572 g/mol. The molecule has 45 heavy (non-hydrogen) atoms. The van der Waals surface area contributed by atoms with Gasteiger partial charge in [-0.15, -0.1) is 0 Å². The van der Waals surface area contributed by atoms with Gasteiger partial charge in [0.1, 0.15) is 0 Å². The van der Waals surface area contributed by atoms with Crippen LogP contribution in [0.1, 0.15) is 0 Å². The Morgan fingerprint density at radius 3 is 1.78 bits per heavy atom. The van der Waals surface area contributed by atoms with Crippen molar-refractivity contribution in [1.29, 1.82) is 0 Å². The Hall–Kier alpha value is -6.13. The Labute approximate surface area is 258 Å². The van der Waals surface area contributed by atoms with Gasteiger partial charge in [0.25, 0.3) is 0 Å². The molecule has 0 spiro atoms. The zero-order valence-corrected chi connectivity index (χ0v) is 24.1. The van der Waals surface area contributed by atoms with Crippen molar-refractivity contribution in [2.24, 2.45) is 0 Å². The van der Waals surface area contributed by atoms with E-state index in [0.29, 0.717) is 17.6 Å². The van der Waals surface area contributed by atoms with Crippen molar-refractivity contribution in [3.05, 3.63) is 146 Å². The first-order valence-electron chi connectivity index (χ1n) is 15.2. The summed E-state index contributed by atoms with van der Waals surface area (Å²) in [5.41, 5.74) is 9.08. The molecule has 2 aromatic heterocycles. The number of fused-ring (bicyclic) bond motifs is 5. The van der Waals surface area contributed by atoms with Crippen LogP contribution in [0.3, 0.4) is 0 Å². The molecular weight excluding hydrogens is 548 g/mol. The van der Waals surface area contributed by atoms with E-state index in [0.717, 1.165) is 22.2 Å². The molecule has 0 radical (unpaired) electrons. The Morgan fingerprint density at radius 1 is 0.378 bits per heavy atom. The summed E-state index contributed by atoms with van der Waals surface area (Å²) in [5.74, 6) is 1.91. The lowest BCUT2D eigenvalue weighted by Crippen LogP contribution is -2.06. The Bertz CT molecular complexity index is 2580. The molecular formula is C41H24N4. The number of aromatic nitrogens is 4. The van der Waals surface area contributed by atoms with Gasteiger partial charge in [0.2, 0.25) is 5.95 Å². The van der Waals surface area contributed by atoms with Crippen LogP contribution in [0.15, 0.2) is 146 Å². The summed E-state index contributed by atoms with van der Waals surface area (Å²) < 4.78 is 2.23. The second-order valence-corrected chi connectivity index (χ2v) is 11.6. The molecule has 9 aromatic rings. The minimum absolute atomic E-state index is 0.607. The third-order valence-electron chi connectivity index (χ3n) is 9.17. The first-order valence-corrected chi connectivity index (χ1v) is 15.2. The van der Waals surface area contributed by atoms with Gasteiger partial charge in [0, 0.05) is 21.9 Å². The molecule has 0 aliphatic heterocycles. The first-order chi connectivity index (χ1) is 22.3. The lowest BCUT2D eigenvalue weighted by Gasteiger charge is -2.16. The van der Waals surface area contributed by atoms with Gasteiger partial charge in [0.15, 0.2) is 11.6 Å². The predicted octanol–water partition coefficient (Wildman–Crippen LogP) is 10.3. The van der Waals surface area contributed by atoms with E-state index in [1.807, 2.05) is 36.4 Å². The molecule has 7 aromatic carbocycles. The van der Waals surface area contributed by atoms with Crippen molar-refractivity contribution in [3.8, 4) is 51.0 Å². The summed E-state index contributed by atoms with van der Waals surface area (Å²) >= 11 is 0. The molecule has 2 heterocycles. The topological polar surface area (TPSA) is 43.6 Å². The molecule has 4 nitrogen and oxygen atoms in total. The quantitative estimate of drug-likeness (QED) is 0.212. The number of benzene rings is 7. The first kappa shape index (κ1) is 24.3. The Balaban J connectivity index is 1.37. The molecule has 10 rings (SSSR count). The standard InChI is InChI=1S/C41H24N4/c1-3-12-27(13-4-1)39-42-40(28-14-5-2-6-15-28)44-41(43-39)45-33-20-10-18-30-31-23-21-25-11-7-8-17-29(25)36(31)32-19-9-16-26-22-24-34(45)38(35(26)32)37(30)33/h1-24H. The predicted molar refractivity (Wildman–Crippen MR) is 184 cm³/mol. The second kappa shape index (κ2) is 9.18. The van der Waals surface area contributed by atoms with Crippen LogP contribution in [-0.4, -0.2) is 19.5 Å². The summed E-state index contributed by atoms with van der Waals surface area (Å²) in [4.78, 5) is 15.3. The molecule has 208 valence electrons. The summed E-state index contributed by atoms with van der Waals surface area (Å²) in [7, 11) is 0. The molecule has 0 amide bonds. The fourth-order valence-electron chi connectivity index (χ4n) is 7.26. The van der Waals surface area contributed by atoms with E-state index in [1.54, 1.807) is 0 Å². The van der Waals surface area contributed by atoms with Crippen LogP contribution < -0.4 is 0 Å². The normalized spacial score (nSPS) is 12.0. The van der Waals surface area contributed by atoms with Crippen molar-refractivity contribution in [2.75, 3.05) is 0 Å². The molecule has 0 fully saturated rings. The average Bonchev–Trinajstić information content (AvgIpc) is 3.39. The molecule has 0 atom stereocenters. The molecule has 0 unspecified atom stereocenters. The van der Waals surface area contributed by atoms with Gasteiger partial charge < -0.3 is 0 Å². The maximum Gasteiger partial charge on any atom is 0.238 e. The number of rotatable bonds is 3. The minimum Gasteiger partial charge on any atom is -0.278 e. The molecule has 0 saturated carbocycles. The van der Waals surface area contributed by atoms with Gasteiger partial charge in [0.05, 0.1) is 11.0 Å². The highest BCUT2D eigenvalue weighted by Crippen LogP contribution is 2.51. The second-order valence-electron chi connectivity index (χ2n) is 11.6. The number of hydrogen-bond acceptors (Lipinski definition) is 3. The third kappa shape index (κ3) is 3.45. The van der Waals surface area contributed by atoms with E-state index in [9.17, 15) is 0 Å². The van der Waals surface area contributed by atoms with Crippen LogP contribution >= 0.6 is 0 Å². The lowest BCUT2D eigenvalue weighted by molar-refractivity contribution is 0.953. The number of nitrogens with zero attached hydrogens (tertiary/aromatic N) is 4. The summed E-state index contributed by atoms with van der Waals surface area (Å²) in [6.07, 6.45) is 0. The largest absolute Gasteiger partial charge is 0.278 e. The molecule has 0 N–H and O–H groups in total. The van der Waals surface area contributed by atoms with Crippen LogP contribution in [0.5, 0.6) is 0 Å². The van der Waals surface area contributed by atoms with Crippen LogP contribution in [0, 0.1) is 0 Å². The van der Waals surface area contributed by atoms with Gasteiger partial charge in [-0.1, -0.05) is 133 Å². The van der Waals surface area contributed by atoms with Crippen molar-refractivity contribution >= 4 is 43.4 Å². The third-order valence-corrected chi connectivity index (χ3v) is 9.17. The van der Waals surface area contributed by atoms with Gasteiger partial charge >= 0.3 is 0 Å². The SMILES string of the molecule is c1ccc(-c2nc(-c3ccccc3)nc(-n3c4cccc5c4c4c6c(cccc6ccc43)-c3c-5ccc4ccccc34)n2)cc1.